The monoisotopic (exact) mass is 803 g/mol. The van der Waals surface area contributed by atoms with Gasteiger partial charge in [0.05, 0.1) is 30.8 Å². The highest BCUT2D eigenvalue weighted by atomic mass is 127. The zero-order chi connectivity index (χ0) is 28.7. The van der Waals surface area contributed by atoms with Crippen LogP contribution >= 0.6 is 54.5 Å². The Balaban J connectivity index is 0.000000162. The number of halogens is 5. The van der Waals surface area contributed by atoms with Gasteiger partial charge in [-0.2, -0.15) is 0 Å². The molecule has 1 fully saturated rings. The molecular weight excluding hydrogens is 783 g/mol. The number of ether oxygens (including phenoxy) is 3. The van der Waals surface area contributed by atoms with Crippen molar-refractivity contribution in [1.29, 1.82) is 0 Å². The molecule has 2 aromatic heterocycles. The van der Waals surface area contributed by atoms with Crippen LogP contribution in [0.25, 0.3) is 22.8 Å². The minimum Gasteiger partial charge on any atom is -0.491 e. The average Bonchev–Trinajstić information content (AvgIpc) is 3.42. The summed E-state index contributed by atoms with van der Waals surface area (Å²) in [5.74, 6) is 2.83. The van der Waals surface area contributed by atoms with E-state index in [-0.39, 0.29) is 19.0 Å². The molecule has 0 N–H and O–H groups in total. The lowest BCUT2D eigenvalue weighted by Crippen LogP contribution is -2.53. The maximum Gasteiger partial charge on any atom is 0.261 e. The van der Waals surface area contributed by atoms with Crippen LogP contribution in [0.1, 0.15) is 0 Å². The van der Waals surface area contributed by atoms with Gasteiger partial charge < -0.3 is 23.3 Å². The highest BCUT2D eigenvalue weighted by Crippen LogP contribution is 2.37. The zero-order valence-electron chi connectivity index (χ0n) is 21.3. The third-order valence-corrected chi connectivity index (χ3v) is 8.22. The standard InChI is InChI=1S/C16H14BrF2N3O3.C11H8BrIN2O/c17-9-1-2-10-12(5-9)25-4-3-21-6-13(20-16(10)21)22-11(15(18)19)7-24-8-14(22)23;12-7-1-2-8-9(5-7)16-4-3-15-6-10(13)14-11(8)15/h1-2,5-6,11,15H,3-4,7-8H2;1-2,5-6H,3-4H2/t11-;/m0./s1. The number of amides is 1. The maximum absolute atomic E-state index is 13.3. The van der Waals surface area contributed by atoms with Gasteiger partial charge >= 0.3 is 0 Å². The predicted molar refractivity (Wildman–Crippen MR) is 163 cm³/mol. The molecule has 3 aliphatic heterocycles. The van der Waals surface area contributed by atoms with Gasteiger partial charge in [-0.25, -0.2) is 18.7 Å². The van der Waals surface area contributed by atoms with Crippen LogP contribution in [-0.2, 0) is 22.6 Å². The first-order chi connectivity index (χ1) is 19.8. The van der Waals surface area contributed by atoms with Crippen molar-refractivity contribution in [3.63, 3.8) is 0 Å². The quantitative estimate of drug-likeness (QED) is 0.231. The molecule has 1 atom stereocenters. The highest BCUT2D eigenvalue weighted by Gasteiger charge is 2.38. The number of hydrogen-bond donors (Lipinski definition) is 0. The van der Waals surface area contributed by atoms with Gasteiger partial charge in [0, 0.05) is 21.3 Å². The Morgan fingerprint density at radius 1 is 0.902 bits per heavy atom. The van der Waals surface area contributed by atoms with Gasteiger partial charge in [-0.15, -0.1) is 0 Å². The number of hydrogen-bond acceptors (Lipinski definition) is 6. The van der Waals surface area contributed by atoms with Crippen molar-refractivity contribution in [1.82, 2.24) is 19.1 Å². The van der Waals surface area contributed by atoms with Crippen molar-refractivity contribution >= 4 is 66.2 Å². The average molecular weight is 805 g/mol. The lowest BCUT2D eigenvalue weighted by atomic mass is 10.2. The lowest BCUT2D eigenvalue weighted by Gasteiger charge is -2.33. The van der Waals surface area contributed by atoms with Gasteiger partial charge in [-0.05, 0) is 59.0 Å². The Bertz CT molecular complexity index is 1610. The molecule has 1 amide bonds. The first-order valence-corrected chi connectivity index (χ1v) is 15.3. The zero-order valence-corrected chi connectivity index (χ0v) is 26.6. The fourth-order valence-corrected chi connectivity index (χ4v) is 6.11. The molecule has 0 bridgehead atoms. The van der Waals surface area contributed by atoms with Gasteiger partial charge in [0.1, 0.15) is 52.7 Å². The van der Waals surface area contributed by atoms with Crippen LogP contribution in [-0.4, -0.2) is 63.9 Å². The minimum absolute atomic E-state index is 0.210. The molecule has 4 aromatic rings. The molecule has 41 heavy (non-hydrogen) atoms. The summed E-state index contributed by atoms with van der Waals surface area (Å²) in [4.78, 5) is 22.2. The van der Waals surface area contributed by atoms with Crippen molar-refractivity contribution in [2.45, 2.75) is 25.6 Å². The number of aromatic nitrogens is 4. The third kappa shape index (κ3) is 5.88. The second-order valence-corrected chi connectivity index (χ2v) is 12.3. The molecule has 5 heterocycles. The molecule has 0 spiro atoms. The van der Waals surface area contributed by atoms with Gasteiger partial charge in [0.15, 0.2) is 5.82 Å². The predicted octanol–water partition coefficient (Wildman–Crippen LogP) is 6.01. The van der Waals surface area contributed by atoms with E-state index in [0.29, 0.717) is 31.3 Å². The van der Waals surface area contributed by atoms with E-state index < -0.39 is 18.4 Å². The Morgan fingerprint density at radius 3 is 2.10 bits per heavy atom. The van der Waals surface area contributed by atoms with Crippen LogP contribution in [0.15, 0.2) is 57.7 Å². The Kier molecular flexibility index (Phi) is 8.34. The summed E-state index contributed by atoms with van der Waals surface area (Å²) in [6.45, 7) is 2.02. The molecule has 0 saturated carbocycles. The topological polar surface area (TPSA) is 83.6 Å². The molecular formula is C27H22Br2F2IN5O4. The molecule has 0 unspecified atom stereocenters. The summed E-state index contributed by atoms with van der Waals surface area (Å²) in [6, 6.07) is 10.3. The molecule has 0 aliphatic carbocycles. The number of alkyl halides is 2. The van der Waals surface area contributed by atoms with E-state index in [4.69, 9.17) is 14.2 Å². The summed E-state index contributed by atoms with van der Waals surface area (Å²) in [5, 5.41) is 0. The number of rotatable bonds is 2. The summed E-state index contributed by atoms with van der Waals surface area (Å²) < 4.78 is 49.9. The maximum atomic E-state index is 13.3. The van der Waals surface area contributed by atoms with E-state index in [1.54, 1.807) is 6.20 Å². The number of carbonyl (C=O) groups excluding carboxylic acids is 1. The molecule has 214 valence electrons. The fourth-order valence-electron chi connectivity index (χ4n) is 4.86. The Labute approximate surface area is 264 Å². The molecule has 1 saturated heterocycles. The number of carbonyl (C=O) groups is 1. The lowest BCUT2D eigenvalue weighted by molar-refractivity contribution is -0.130. The van der Waals surface area contributed by atoms with Crippen LogP contribution in [0.3, 0.4) is 0 Å². The van der Waals surface area contributed by atoms with E-state index in [1.807, 2.05) is 41.0 Å². The van der Waals surface area contributed by atoms with Crippen LogP contribution in [0.5, 0.6) is 11.5 Å². The highest BCUT2D eigenvalue weighted by molar-refractivity contribution is 14.1. The minimum atomic E-state index is -2.71. The molecule has 7 rings (SSSR count). The molecule has 0 radical (unpaired) electrons. The second kappa shape index (κ2) is 12.0. The van der Waals surface area contributed by atoms with Crippen molar-refractivity contribution in [2.24, 2.45) is 0 Å². The van der Waals surface area contributed by atoms with E-state index in [2.05, 4.69) is 75.2 Å². The molecule has 9 nitrogen and oxygen atoms in total. The normalized spacial score (nSPS) is 17.6. The Morgan fingerprint density at radius 2 is 1.49 bits per heavy atom. The van der Waals surface area contributed by atoms with E-state index in [0.717, 1.165) is 46.8 Å². The first kappa shape index (κ1) is 28.6. The molecule has 2 aromatic carbocycles. The number of anilines is 1. The largest absolute Gasteiger partial charge is 0.491 e. The molecule has 14 heteroatoms. The van der Waals surface area contributed by atoms with Gasteiger partial charge in [0.2, 0.25) is 0 Å². The fraction of sp³-hybridized carbons (Fsp3) is 0.296. The van der Waals surface area contributed by atoms with Crippen molar-refractivity contribution in [3.8, 4) is 34.3 Å². The summed E-state index contributed by atoms with van der Waals surface area (Å²) in [6.07, 6.45) is 0.961. The van der Waals surface area contributed by atoms with Crippen LogP contribution in [0.4, 0.5) is 14.6 Å². The summed E-state index contributed by atoms with van der Waals surface area (Å²) in [7, 11) is 0. The summed E-state index contributed by atoms with van der Waals surface area (Å²) >= 11 is 9.09. The van der Waals surface area contributed by atoms with Gasteiger partial charge in [-0.3, -0.25) is 9.69 Å². The van der Waals surface area contributed by atoms with Gasteiger partial charge in [-0.1, -0.05) is 31.9 Å². The van der Waals surface area contributed by atoms with Crippen molar-refractivity contribution < 1.29 is 27.8 Å². The summed E-state index contributed by atoms with van der Waals surface area (Å²) in [5.41, 5.74) is 1.81. The number of morpholine rings is 1. The van der Waals surface area contributed by atoms with E-state index in [1.165, 1.54) is 0 Å². The number of imidazole rings is 2. The van der Waals surface area contributed by atoms with Crippen LogP contribution in [0, 0.1) is 3.70 Å². The van der Waals surface area contributed by atoms with E-state index >= 15 is 0 Å². The number of fused-ring (bicyclic) bond motifs is 6. The van der Waals surface area contributed by atoms with E-state index in [9.17, 15) is 13.6 Å². The third-order valence-electron chi connectivity index (χ3n) is 6.71. The Hall–Kier alpha value is -2.56. The second-order valence-electron chi connectivity index (χ2n) is 9.36. The van der Waals surface area contributed by atoms with Crippen molar-refractivity contribution in [3.05, 3.63) is 61.4 Å². The SMILES string of the molecule is Brc1ccc2c(c1)OCCn1cc(I)nc1-2.O=C1COC[C@@H](C(F)F)N1c1cn2c(n1)-c1ccc(Br)cc1OCC2. The first-order valence-electron chi connectivity index (χ1n) is 12.6. The molecule has 3 aliphatic rings. The number of benzene rings is 2. The number of nitrogens with zero attached hydrogens (tertiary/aromatic N) is 5. The smallest absolute Gasteiger partial charge is 0.261 e. The van der Waals surface area contributed by atoms with Crippen LogP contribution in [0.2, 0.25) is 0 Å². The van der Waals surface area contributed by atoms with Gasteiger partial charge in [0.25, 0.3) is 12.3 Å². The van der Waals surface area contributed by atoms with Crippen molar-refractivity contribution in [2.75, 3.05) is 31.3 Å². The van der Waals surface area contributed by atoms with Crippen LogP contribution < -0.4 is 14.4 Å².